The number of carbonyl (C=O) groups is 2. The minimum atomic E-state index is -0.794. The number of amides is 1. The Morgan fingerprint density at radius 2 is 0.852 bits per heavy atom. The van der Waals surface area contributed by atoms with Gasteiger partial charge in [0.25, 0.3) is 0 Å². The maximum absolute atomic E-state index is 13.2. The number of aliphatic hydroxyl groups excluding tert-OH is 2. The lowest BCUT2D eigenvalue weighted by molar-refractivity contribution is -0.151. The van der Waals surface area contributed by atoms with Crippen LogP contribution in [0, 0.1) is 0 Å². The van der Waals surface area contributed by atoms with E-state index in [1.54, 1.807) is 0 Å². The van der Waals surface area contributed by atoms with Gasteiger partial charge in [0.2, 0.25) is 5.91 Å². The zero-order valence-electron chi connectivity index (χ0n) is 40.5. The van der Waals surface area contributed by atoms with Crippen molar-refractivity contribution in [3.05, 3.63) is 48.6 Å². The smallest absolute Gasteiger partial charge is 0.306 e. The summed E-state index contributed by atoms with van der Waals surface area (Å²) in [7, 11) is 0. The van der Waals surface area contributed by atoms with Crippen molar-refractivity contribution in [1.82, 2.24) is 5.32 Å². The number of rotatable bonds is 47. The molecule has 6 nitrogen and oxygen atoms in total. The van der Waals surface area contributed by atoms with Crippen LogP contribution in [0.3, 0.4) is 0 Å². The number of unbranched alkanes of at least 4 members (excludes halogenated alkanes) is 29. The number of esters is 1. The van der Waals surface area contributed by atoms with Gasteiger partial charge in [-0.15, -0.1) is 0 Å². The van der Waals surface area contributed by atoms with Gasteiger partial charge in [0.05, 0.1) is 25.2 Å². The van der Waals surface area contributed by atoms with Crippen LogP contribution in [0.1, 0.15) is 265 Å². The van der Waals surface area contributed by atoms with Crippen LogP contribution in [-0.2, 0) is 14.3 Å². The molecule has 3 unspecified atom stereocenters. The first-order valence-corrected chi connectivity index (χ1v) is 26.4. The van der Waals surface area contributed by atoms with E-state index in [4.69, 9.17) is 4.74 Å². The van der Waals surface area contributed by atoms with Crippen molar-refractivity contribution in [2.24, 2.45) is 0 Å². The zero-order chi connectivity index (χ0) is 44.5. The molecule has 0 heterocycles. The number of ether oxygens (including phenoxy) is 1. The third-order valence-electron chi connectivity index (χ3n) is 11.9. The van der Waals surface area contributed by atoms with E-state index in [1.165, 1.54) is 128 Å². The Labute approximate surface area is 378 Å². The van der Waals surface area contributed by atoms with E-state index >= 15 is 0 Å². The van der Waals surface area contributed by atoms with Crippen molar-refractivity contribution in [3.8, 4) is 0 Å². The molecule has 0 aliphatic carbocycles. The van der Waals surface area contributed by atoms with E-state index < -0.39 is 18.2 Å². The minimum absolute atomic E-state index is 0.0588. The van der Waals surface area contributed by atoms with Crippen molar-refractivity contribution in [3.63, 3.8) is 0 Å². The molecule has 0 aromatic rings. The second kappa shape index (κ2) is 48.8. The van der Waals surface area contributed by atoms with Crippen molar-refractivity contribution in [2.75, 3.05) is 6.61 Å². The fourth-order valence-electron chi connectivity index (χ4n) is 7.90. The molecular weight excluding hydrogens is 755 g/mol. The first kappa shape index (κ1) is 58.8. The minimum Gasteiger partial charge on any atom is -0.462 e. The van der Waals surface area contributed by atoms with Crippen LogP contribution in [0.5, 0.6) is 0 Å². The van der Waals surface area contributed by atoms with E-state index in [0.717, 1.165) is 89.9 Å². The van der Waals surface area contributed by atoms with Gasteiger partial charge in [0.15, 0.2) is 0 Å². The SMILES string of the molecule is CCCCC/C=C\CCCCCC(CC(=O)NC(CO)C(O)CCCCCCCCCCCCCCCC)OC(=O)CCCCCCC/C=C/C=C/C=C/CCCCCCC. The Balaban J connectivity index is 4.53. The van der Waals surface area contributed by atoms with Gasteiger partial charge in [0.1, 0.15) is 6.10 Å². The van der Waals surface area contributed by atoms with Crippen LogP contribution >= 0.6 is 0 Å². The van der Waals surface area contributed by atoms with E-state index in [9.17, 15) is 19.8 Å². The number of nitrogens with one attached hydrogen (secondary N) is 1. The maximum atomic E-state index is 13.2. The number of aliphatic hydroxyl groups is 2. The summed E-state index contributed by atoms with van der Waals surface area (Å²) in [5.74, 6) is -0.509. The van der Waals surface area contributed by atoms with Gasteiger partial charge < -0.3 is 20.3 Å². The Morgan fingerprint density at radius 1 is 0.475 bits per heavy atom. The monoisotopic (exact) mass is 856 g/mol. The topological polar surface area (TPSA) is 95.9 Å². The molecule has 6 heteroatoms. The largest absolute Gasteiger partial charge is 0.462 e. The number of carbonyl (C=O) groups excluding carboxylic acids is 2. The molecule has 0 aliphatic heterocycles. The second-order valence-corrected chi connectivity index (χ2v) is 18.0. The van der Waals surface area contributed by atoms with Gasteiger partial charge in [-0.1, -0.05) is 223 Å². The Hall–Kier alpha value is -2.18. The van der Waals surface area contributed by atoms with E-state index in [-0.39, 0.29) is 24.9 Å². The molecule has 3 N–H and O–H groups in total. The summed E-state index contributed by atoms with van der Waals surface area (Å²) in [6.45, 7) is 6.44. The molecule has 356 valence electrons. The van der Waals surface area contributed by atoms with Crippen molar-refractivity contribution in [1.29, 1.82) is 0 Å². The molecule has 0 aromatic carbocycles. The summed E-state index contributed by atoms with van der Waals surface area (Å²) >= 11 is 0. The molecule has 0 aromatic heterocycles. The number of hydrogen-bond acceptors (Lipinski definition) is 5. The van der Waals surface area contributed by atoms with Crippen molar-refractivity contribution in [2.45, 2.75) is 283 Å². The van der Waals surface area contributed by atoms with Crippen LogP contribution in [0.15, 0.2) is 48.6 Å². The lowest BCUT2D eigenvalue weighted by Crippen LogP contribution is -2.46. The molecule has 0 saturated heterocycles. The normalized spacial score (nSPS) is 13.6. The molecular formula is C55H101NO5. The van der Waals surface area contributed by atoms with Gasteiger partial charge in [-0.3, -0.25) is 9.59 Å². The average Bonchev–Trinajstić information content (AvgIpc) is 3.25. The molecule has 0 rings (SSSR count). The Bertz CT molecular complexity index is 1050. The van der Waals surface area contributed by atoms with E-state index in [1.807, 2.05) is 0 Å². The standard InChI is InChI=1S/C55H101NO5/c1-4-7-10-13-16-19-22-24-26-27-28-29-31-33-36-39-42-45-48-55(60)61-51(46-43-40-37-34-21-18-15-12-9-6-3)49-54(59)56-52(50-57)53(58)47-44-41-38-35-32-30-25-23-20-17-14-11-8-5-2/h18,21-22,24,26-29,51-53,57-58H,4-17,19-20,23,25,30-50H2,1-3H3,(H,56,59)/b21-18-,24-22+,27-26+,29-28+. The van der Waals surface area contributed by atoms with Crippen molar-refractivity contribution < 1.29 is 24.5 Å². The molecule has 3 atom stereocenters. The van der Waals surface area contributed by atoms with Crippen molar-refractivity contribution >= 4 is 11.9 Å². The van der Waals surface area contributed by atoms with Gasteiger partial charge in [-0.25, -0.2) is 0 Å². The first-order chi connectivity index (χ1) is 30.0. The van der Waals surface area contributed by atoms with Crippen LogP contribution in [-0.4, -0.2) is 46.9 Å². The highest BCUT2D eigenvalue weighted by atomic mass is 16.5. The molecule has 0 bridgehead atoms. The van der Waals surface area contributed by atoms with Crippen LogP contribution in [0.25, 0.3) is 0 Å². The lowest BCUT2D eigenvalue weighted by Gasteiger charge is -2.24. The predicted molar refractivity (Wildman–Crippen MR) is 264 cm³/mol. The summed E-state index contributed by atoms with van der Waals surface area (Å²) in [4.78, 5) is 26.1. The summed E-state index contributed by atoms with van der Waals surface area (Å²) in [5.41, 5.74) is 0. The average molecular weight is 856 g/mol. The van der Waals surface area contributed by atoms with Crippen LogP contribution < -0.4 is 5.32 Å². The van der Waals surface area contributed by atoms with Gasteiger partial charge >= 0.3 is 5.97 Å². The van der Waals surface area contributed by atoms with Gasteiger partial charge in [0, 0.05) is 6.42 Å². The highest BCUT2D eigenvalue weighted by Crippen LogP contribution is 2.17. The van der Waals surface area contributed by atoms with E-state index in [0.29, 0.717) is 19.3 Å². The summed E-state index contributed by atoms with van der Waals surface area (Å²) in [5, 5.41) is 23.8. The lowest BCUT2D eigenvalue weighted by atomic mass is 10.0. The van der Waals surface area contributed by atoms with Gasteiger partial charge in [-0.2, -0.15) is 0 Å². The molecule has 0 saturated carbocycles. The summed E-state index contributed by atoms with van der Waals surface area (Å²) in [6, 6.07) is -0.709. The molecule has 0 spiro atoms. The Morgan fingerprint density at radius 3 is 1.34 bits per heavy atom. The third-order valence-corrected chi connectivity index (χ3v) is 11.9. The fraction of sp³-hybridized carbons (Fsp3) is 0.818. The third kappa shape index (κ3) is 44.2. The number of hydrogen-bond donors (Lipinski definition) is 3. The number of allylic oxidation sites excluding steroid dienone is 8. The summed E-state index contributed by atoms with van der Waals surface area (Å²) in [6.07, 6.45) is 58.8. The predicted octanol–water partition coefficient (Wildman–Crippen LogP) is 15.8. The molecule has 0 radical (unpaired) electrons. The molecule has 1 amide bonds. The van der Waals surface area contributed by atoms with Gasteiger partial charge in [-0.05, 0) is 77.0 Å². The van der Waals surface area contributed by atoms with Crippen LogP contribution in [0.2, 0.25) is 0 Å². The van der Waals surface area contributed by atoms with E-state index in [2.05, 4.69) is 74.7 Å². The second-order valence-electron chi connectivity index (χ2n) is 18.0. The summed E-state index contributed by atoms with van der Waals surface area (Å²) < 4.78 is 5.91. The maximum Gasteiger partial charge on any atom is 0.306 e. The Kier molecular flexibility index (Phi) is 47.1. The fourth-order valence-corrected chi connectivity index (χ4v) is 7.90. The molecule has 0 aliphatic rings. The highest BCUT2D eigenvalue weighted by molar-refractivity contribution is 5.77. The first-order valence-electron chi connectivity index (χ1n) is 26.4. The quantitative estimate of drug-likeness (QED) is 0.0245. The zero-order valence-corrected chi connectivity index (χ0v) is 40.5. The highest BCUT2D eigenvalue weighted by Gasteiger charge is 2.24. The molecule has 61 heavy (non-hydrogen) atoms. The molecule has 0 fully saturated rings. The van der Waals surface area contributed by atoms with Crippen LogP contribution in [0.4, 0.5) is 0 Å².